The molecule has 39 heavy (non-hydrogen) atoms. The number of hydrogen-bond donors (Lipinski definition) is 2. The third-order valence-corrected chi connectivity index (χ3v) is 11.1. The lowest BCUT2D eigenvalue weighted by atomic mass is 9.41. The van der Waals surface area contributed by atoms with Crippen LogP contribution in [0.25, 0.3) is 6.08 Å². The van der Waals surface area contributed by atoms with Gasteiger partial charge in [0.2, 0.25) is 0 Å². The topological polar surface area (TPSA) is 110 Å². The summed E-state index contributed by atoms with van der Waals surface area (Å²) in [5.41, 5.74) is -1.83. The second kappa shape index (κ2) is 10.2. The summed E-state index contributed by atoms with van der Waals surface area (Å²) in [6, 6.07) is 9.45. The lowest BCUT2D eigenvalue weighted by Crippen LogP contribution is -2.73. The minimum atomic E-state index is -1.25. The number of fused-ring (bicyclic) bond motifs is 5. The monoisotopic (exact) mass is 538 g/mol. The largest absolute Gasteiger partial charge is 0.458 e. The molecule has 0 unspecified atom stereocenters. The van der Waals surface area contributed by atoms with E-state index < -0.39 is 41.1 Å². The summed E-state index contributed by atoms with van der Waals surface area (Å²) in [7, 11) is 0. The molecule has 0 saturated heterocycles. The van der Waals surface area contributed by atoms with Crippen LogP contribution in [0.1, 0.15) is 78.2 Å². The van der Waals surface area contributed by atoms with Gasteiger partial charge in [-0.25, -0.2) is 4.79 Å². The van der Waals surface area contributed by atoms with Gasteiger partial charge in [0.25, 0.3) is 0 Å². The van der Waals surface area contributed by atoms with E-state index in [-0.39, 0.29) is 35.1 Å². The molecule has 4 fully saturated rings. The van der Waals surface area contributed by atoms with Crippen molar-refractivity contribution in [1.29, 1.82) is 0 Å². The van der Waals surface area contributed by atoms with E-state index in [0.717, 1.165) is 18.4 Å². The van der Waals surface area contributed by atoms with E-state index in [2.05, 4.69) is 6.92 Å². The normalized spacial score (nSPS) is 43.2. The molecule has 1 aromatic carbocycles. The van der Waals surface area contributed by atoms with Crippen molar-refractivity contribution in [2.75, 3.05) is 0 Å². The van der Waals surface area contributed by atoms with Gasteiger partial charge in [-0.3, -0.25) is 9.59 Å². The number of Topliss-reactive ketones (excluding diaryl/α,β-unsaturated/α-hetero) is 1. The van der Waals surface area contributed by atoms with Crippen molar-refractivity contribution in [2.24, 2.45) is 34.5 Å². The average molecular weight is 539 g/mol. The van der Waals surface area contributed by atoms with Crippen molar-refractivity contribution in [3.63, 3.8) is 0 Å². The van der Waals surface area contributed by atoms with E-state index in [0.29, 0.717) is 32.1 Å². The third kappa shape index (κ3) is 4.46. The molecule has 212 valence electrons. The zero-order valence-electron chi connectivity index (χ0n) is 23.5. The van der Waals surface area contributed by atoms with Gasteiger partial charge >= 0.3 is 11.9 Å². The number of carbonyl (C=O) groups excluding carboxylic acids is 3. The SMILES string of the molecule is CC(=O)O[C@@H]1[C@@H](OC(=O)/C=C/c2ccccc2)[C@H]2[C@@H](CC[C@H]3C[C@@H](O)CC[C@@]32C)[C@@]2(O)CC[C@H](C(C)=O)[C@@]12C. The molecule has 4 aliphatic carbocycles. The number of aliphatic hydroxyl groups excluding tert-OH is 1. The lowest BCUT2D eigenvalue weighted by molar-refractivity contribution is -0.290. The number of benzene rings is 1. The van der Waals surface area contributed by atoms with E-state index >= 15 is 0 Å². The predicted molar refractivity (Wildman–Crippen MR) is 145 cm³/mol. The van der Waals surface area contributed by atoms with E-state index in [1.165, 1.54) is 19.9 Å². The average Bonchev–Trinajstić information content (AvgIpc) is 3.17. The minimum Gasteiger partial charge on any atom is -0.458 e. The molecular weight excluding hydrogens is 496 g/mol. The van der Waals surface area contributed by atoms with Crippen LogP contribution in [0, 0.1) is 34.5 Å². The molecular formula is C32H42O7. The highest BCUT2D eigenvalue weighted by molar-refractivity contribution is 5.87. The number of hydrogen-bond acceptors (Lipinski definition) is 7. The second-order valence-corrected chi connectivity index (χ2v) is 12.9. The van der Waals surface area contributed by atoms with Gasteiger partial charge in [-0.2, -0.15) is 0 Å². The highest BCUT2D eigenvalue weighted by Crippen LogP contribution is 2.70. The first-order chi connectivity index (χ1) is 18.4. The number of carbonyl (C=O) groups is 3. The van der Waals surface area contributed by atoms with Crippen molar-refractivity contribution in [3.8, 4) is 0 Å². The Hall–Kier alpha value is -2.51. The molecule has 0 spiro atoms. The molecule has 0 amide bonds. The van der Waals surface area contributed by atoms with Gasteiger partial charge in [0, 0.05) is 30.3 Å². The van der Waals surface area contributed by atoms with Crippen LogP contribution < -0.4 is 0 Å². The van der Waals surface area contributed by atoms with Crippen LogP contribution >= 0.6 is 0 Å². The fraction of sp³-hybridized carbons (Fsp3) is 0.656. The fourth-order valence-corrected chi connectivity index (χ4v) is 9.27. The summed E-state index contributed by atoms with van der Waals surface area (Å²) < 4.78 is 12.3. The first kappa shape index (κ1) is 28.0. The summed E-state index contributed by atoms with van der Waals surface area (Å²) in [6.07, 6.45) is 5.41. The number of aliphatic hydroxyl groups is 2. The van der Waals surface area contributed by atoms with Crippen molar-refractivity contribution in [3.05, 3.63) is 42.0 Å². The molecule has 5 rings (SSSR count). The Morgan fingerprint density at radius 3 is 2.36 bits per heavy atom. The van der Waals surface area contributed by atoms with Crippen molar-refractivity contribution in [2.45, 2.75) is 96.6 Å². The Bertz CT molecular complexity index is 1150. The van der Waals surface area contributed by atoms with E-state index in [4.69, 9.17) is 9.47 Å². The summed E-state index contributed by atoms with van der Waals surface area (Å²) in [6.45, 7) is 6.90. The van der Waals surface area contributed by atoms with Crippen molar-refractivity contribution < 1.29 is 34.1 Å². The second-order valence-electron chi connectivity index (χ2n) is 12.9. The van der Waals surface area contributed by atoms with Crippen molar-refractivity contribution >= 4 is 23.8 Å². The first-order valence-electron chi connectivity index (χ1n) is 14.4. The Kier molecular flexibility index (Phi) is 7.30. The van der Waals surface area contributed by atoms with Crippen LogP contribution in [0.15, 0.2) is 36.4 Å². The van der Waals surface area contributed by atoms with Crippen LogP contribution in [0.2, 0.25) is 0 Å². The van der Waals surface area contributed by atoms with Gasteiger partial charge < -0.3 is 19.7 Å². The Morgan fingerprint density at radius 1 is 0.974 bits per heavy atom. The van der Waals surface area contributed by atoms with Gasteiger partial charge in [-0.15, -0.1) is 0 Å². The highest BCUT2D eigenvalue weighted by atomic mass is 16.6. The molecule has 7 nitrogen and oxygen atoms in total. The van der Waals surface area contributed by atoms with E-state index in [9.17, 15) is 24.6 Å². The molecule has 0 aliphatic heterocycles. The molecule has 4 saturated carbocycles. The zero-order valence-corrected chi connectivity index (χ0v) is 23.5. The molecule has 1 aromatic rings. The highest BCUT2D eigenvalue weighted by Gasteiger charge is 2.75. The summed E-state index contributed by atoms with van der Waals surface area (Å²) in [5, 5.41) is 23.1. The number of ether oxygens (including phenoxy) is 2. The van der Waals surface area contributed by atoms with Crippen LogP contribution in [-0.2, 0) is 23.9 Å². The van der Waals surface area contributed by atoms with Crippen LogP contribution in [0.4, 0.5) is 0 Å². The molecule has 0 aromatic heterocycles. The third-order valence-electron chi connectivity index (χ3n) is 11.1. The Morgan fingerprint density at radius 2 is 1.69 bits per heavy atom. The molecule has 0 radical (unpaired) electrons. The van der Waals surface area contributed by atoms with Gasteiger partial charge in [-0.05, 0) is 80.8 Å². The maximum atomic E-state index is 13.4. The van der Waals surface area contributed by atoms with E-state index in [1.807, 2.05) is 37.3 Å². The van der Waals surface area contributed by atoms with E-state index in [1.54, 1.807) is 6.08 Å². The Balaban J connectivity index is 1.61. The van der Waals surface area contributed by atoms with Crippen LogP contribution in [0.3, 0.4) is 0 Å². The predicted octanol–water partition coefficient (Wildman–Crippen LogP) is 4.49. The van der Waals surface area contributed by atoms with Gasteiger partial charge in [0.05, 0.1) is 11.7 Å². The number of ketones is 1. The maximum absolute atomic E-state index is 13.4. The van der Waals surface area contributed by atoms with Crippen LogP contribution in [-0.4, -0.2) is 51.8 Å². The number of esters is 2. The quantitative estimate of drug-likeness (QED) is 0.420. The number of rotatable bonds is 5. The molecule has 10 atom stereocenters. The van der Waals surface area contributed by atoms with Gasteiger partial charge in [0.1, 0.15) is 18.0 Å². The summed E-state index contributed by atoms with van der Waals surface area (Å²) >= 11 is 0. The molecule has 2 N–H and O–H groups in total. The van der Waals surface area contributed by atoms with Crippen molar-refractivity contribution in [1.82, 2.24) is 0 Å². The first-order valence-corrected chi connectivity index (χ1v) is 14.4. The molecule has 0 heterocycles. The standard InChI is InChI=1S/C32H42O7/c1-19(33)24-15-17-32(37)25-12-11-22-18-23(35)14-16-30(22,3)27(25)28(29(31(24,32)4)38-20(2)34)39-26(36)13-10-21-8-6-5-7-9-21/h5-10,13,22-25,27-29,35,37H,11-12,14-18H2,1-4H3/b13-10+/t22-,23-,24+,25+,27+,28-,29+,30-,31-,32-/m0/s1. The molecule has 4 aliphatic rings. The van der Waals surface area contributed by atoms with Gasteiger partial charge in [-0.1, -0.05) is 44.2 Å². The molecule has 7 heteroatoms. The minimum absolute atomic E-state index is 0.0567. The zero-order chi connectivity index (χ0) is 28.2. The van der Waals surface area contributed by atoms with Crippen LogP contribution in [0.5, 0.6) is 0 Å². The fourth-order valence-electron chi connectivity index (χ4n) is 9.27. The maximum Gasteiger partial charge on any atom is 0.331 e. The summed E-state index contributed by atoms with van der Waals surface area (Å²) in [5.74, 6) is -1.98. The summed E-state index contributed by atoms with van der Waals surface area (Å²) in [4.78, 5) is 38.9. The lowest BCUT2D eigenvalue weighted by Gasteiger charge is -2.66. The Labute approximate surface area is 231 Å². The van der Waals surface area contributed by atoms with Gasteiger partial charge in [0.15, 0.2) is 0 Å². The smallest absolute Gasteiger partial charge is 0.331 e. The molecule has 0 bridgehead atoms.